The fraction of sp³-hybridized carbons (Fsp3) is 0.222. The van der Waals surface area contributed by atoms with Gasteiger partial charge in [0.2, 0.25) is 6.33 Å². The van der Waals surface area contributed by atoms with Crippen molar-refractivity contribution in [3.05, 3.63) is 60.8 Å². The first-order valence-electron chi connectivity index (χ1n) is 8.40. The SMILES string of the molecule is O=C(Nc1ccc(-[n+]2cnc[nH]2)cc1)c1ccc(N2CCOCC2)nc1. The van der Waals surface area contributed by atoms with Crippen molar-refractivity contribution in [2.24, 2.45) is 0 Å². The predicted molar refractivity (Wildman–Crippen MR) is 95.3 cm³/mol. The summed E-state index contributed by atoms with van der Waals surface area (Å²) in [5.41, 5.74) is 2.17. The summed E-state index contributed by atoms with van der Waals surface area (Å²) in [6.07, 6.45) is 4.88. The lowest BCUT2D eigenvalue weighted by Crippen LogP contribution is -2.36. The second-order valence-corrected chi connectivity index (χ2v) is 5.90. The van der Waals surface area contributed by atoms with Crippen molar-refractivity contribution in [2.75, 3.05) is 36.5 Å². The predicted octanol–water partition coefficient (Wildman–Crippen LogP) is 1.17. The number of amides is 1. The molecule has 0 aliphatic carbocycles. The molecule has 8 nitrogen and oxygen atoms in total. The summed E-state index contributed by atoms with van der Waals surface area (Å²) in [6.45, 7) is 3.05. The van der Waals surface area contributed by atoms with Crippen LogP contribution in [0.1, 0.15) is 10.4 Å². The van der Waals surface area contributed by atoms with E-state index < -0.39 is 0 Å². The minimum atomic E-state index is -0.187. The zero-order valence-electron chi connectivity index (χ0n) is 14.1. The molecule has 0 atom stereocenters. The van der Waals surface area contributed by atoms with Gasteiger partial charge in [0.15, 0.2) is 5.69 Å². The number of ether oxygens (including phenoxy) is 1. The maximum Gasteiger partial charge on any atom is 0.312 e. The van der Waals surface area contributed by atoms with Crippen LogP contribution in [0, 0.1) is 0 Å². The number of pyridine rings is 1. The lowest BCUT2D eigenvalue weighted by atomic mass is 10.2. The van der Waals surface area contributed by atoms with Crippen LogP contribution in [0.3, 0.4) is 0 Å². The molecule has 0 spiro atoms. The van der Waals surface area contributed by atoms with Crippen LogP contribution in [-0.2, 0) is 4.74 Å². The lowest BCUT2D eigenvalue weighted by Gasteiger charge is -2.27. The quantitative estimate of drug-likeness (QED) is 0.689. The summed E-state index contributed by atoms with van der Waals surface area (Å²) in [7, 11) is 0. The van der Waals surface area contributed by atoms with Gasteiger partial charge in [0.25, 0.3) is 5.91 Å². The van der Waals surface area contributed by atoms with Crippen molar-refractivity contribution >= 4 is 17.4 Å². The maximum absolute atomic E-state index is 12.4. The molecule has 1 saturated heterocycles. The standard InChI is InChI=1S/C18H18N6O2/c25-18(14-1-6-17(20-11-14)23-7-9-26-10-8-23)22-15-2-4-16(5-3-15)24-13-19-12-21-24/h1-6,11-13H,7-10H2,(H,22,25)/p+1. The summed E-state index contributed by atoms with van der Waals surface area (Å²) in [6, 6.07) is 11.1. The van der Waals surface area contributed by atoms with Crippen molar-refractivity contribution in [3.63, 3.8) is 0 Å². The van der Waals surface area contributed by atoms with E-state index in [-0.39, 0.29) is 5.91 Å². The number of carbonyl (C=O) groups is 1. The average Bonchev–Trinajstić information content (AvgIpc) is 3.24. The fourth-order valence-corrected chi connectivity index (χ4v) is 2.78. The largest absolute Gasteiger partial charge is 0.378 e. The minimum absolute atomic E-state index is 0.187. The Kier molecular flexibility index (Phi) is 4.57. The Labute approximate surface area is 150 Å². The smallest absolute Gasteiger partial charge is 0.312 e. The molecule has 3 aromatic rings. The van der Waals surface area contributed by atoms with Gasteiger partial charge in [0.05, 0.1) is 18.8 Å². The van der Waals surface area contributed by atoms with E-state index >= 15 is 0 Å². The van der Waals surface area contributed by atoms with Crippen LogP contribution in [0.25, 0.3) is 5.69 Å². The van der Waals surface area contributed by atoms with Gasteiger partial charge in [-0.3, -0.25) is 4.79 Å². The van der Waals surface area contributed by atoms with Crippen molar-refractivity contribution in [1.29, 1.82) is 0 Å². The number of anilines is 2. The van der Waals surface area contributed by atoms with Crippen LogP contribution in [0.4, 0.5) is 11.5 Å². The number of morpholine rings is 1. The van der Waals surface area contributed by atoms with Crippen molar-refractivity contribution < 1.29 is 14.2 Å². The minimum Gasteiger partial charge on any atom is -0.378 e. The van der Waals surface area contributed by atoms with Gasteiger partial charge in [-0.1, -0.05) is 0 Å². The number of nitrogens with one attached hydrogen (secondary N) is 2. The summed E-state index contributed by atoms with van der Waals surface area (Å²) in [4.78, 5) is 22.9. The molecule has 0 unspecified atom stereocenters. The first-order valence-corrected chi connectivity index (χ1v) is 8.40. The number of aromatic amines is 1. The molecule has 1 amide bonds. The number of hydrogen-bond acceptors (Lipinski definition) is 5. The molecule has 3 heterocycles. The molecular formula is C18H19N6O2+. The van der Waals surface area contributed by atoms with E-state index in [1.54, 1.807) is 29.6 Å². The van der Waals surface area contributed by atoms with Gasteiger partial charge in [-0.2, -0.15) is 5.10 Å². The van der Waals surface area contributed by atoms with Crippen molar-refractivity contribution in [2.45, 2.75) is 0 Å². The molecule has 1 aliphatic rings. The van der Waals surface area contributed by atoms with Gasteiger partial charge in [-0.05, 0) is 41.4 Å². The third kappa shape index (κ3) is 3.55. The monoisotopic (exact) mass is 351 g/mol. The van der Waals surface area contributed by atoms with Gasteiger partial charge in [0, 0.05) is 25.0 Å². The Morgan fingerprint density at radius 1 is 1.15 bits per heavy atom. The first-order chi connectivity index (χ1) is 12.8. The van der Waals surface area contributed by atoms with E-state index in [4.69, 9.17) is 4.74 Å². The van der Waals surface area contributed by atoms with Crippen molar-refractivity contribution in [1.82, 2.24) is 15.1 Å². The molecule has 2 N–H and O–H groups in total. The normalized spacial score (nSPS) is 14.2. The number of H-pyrrole nitrogens is 1. The van der Waals surface area contributed by atoms with E-state index in [0.717, 1.165) is 30.3 Å². The average molecular weight is 351 g/mol. The third-order valence-corrected chi connectivity index (χ3v) is 4.20. The Morgan fingerprint density at radius 2 is 1.96 bits per heavy atom. The Morgan fingerprint density at radius 3 is 2.62 bits per heavy atom. The van der Waals surface area contributed by atoms with Gasteiger partial charge in [0.1, 0.15) is 5.82 Å². The summed E-state index contributed by atoms with van der Waals surface area (Å²) < 4.78 is 7.12. The molecule has 0 radical (unpaired) electrons. The highest BCUT2D eigenvalue weighted by molar-refractivity contribution is 6.04. The van der Waals surface area contributed by atoms with E-state index in [0.29, 0.717) is 18.8 Å². The number of rotatable bonds is 4. The lowest BCUT2D eigenvalue weighted by molar-refractivity contribution is -0.656. The fourth-order valence-electron chi connectivity index (χ4n) is 2.78. The Hall–Kier alpha value is -3.26. The number of hydrogen-bond donors (Lipinski definition) is 2. The molecule has 8 heteroatoms. The maximum atomic E-state index is 12.4. The second kappa shape index (κ2) is 7.32. The van der Waals surface area contributed by atoms with Crippen LogP contribution in [0.15, 0.2) is 55.2 Å². The summed E-state index contributed by atoms with van der Waals surface area (Å²) >= 11 is 0. The summed E-state index contributed by atoms with van der Waals surface area (Å²) in [5, 5.41) is 5.85. The topological polar surface area (TPSA) is 87.0 Å². The summed E-state index contributed by atoms with van der Waals surface area (Å²) in [5.74, 6) is 0.679. The van der Waals surface area contributed by atoms with Crippen LogP contribution in [-0.4, -0.2) is 47.3 Å². The third-order valence-electron chi connectivity index (χ3n) is 4.20. The zero-order chi connectivity index (χ0) is 17.8. The van der Waals surface area contributed by atoms with Gasteiger partial charge < -0.3 is 15.0 Å². The molecule has 0 saturated carbocycles. The molecule has 26 heavy (non-hydrogen) atoms. The molecule has 132 valence electrons. The highest BCUT2D eigenvalue weighted by atomic mass is 16.5. The second-order valence-electron chi connectivity index (χ2n) is 5.90. The van der Waals surface area contributed by atoms with Crippen LogP contribution >= 0.6 is 0 Å². The molecule has 4 rings (SSSR count). The first kappa shape index (κ1) is 16.2. The van der Waals surface area contributed by atoms with Gasteiger partial charge >= 0.3 is 6.33 Å². The molecule has 1 aliphatic heterocycles. The number of benzene rings is 1. The Balaban J connectivity index is 1.41. The van der Waals surface area contributed by atoms with E-state index in [2.05, 4.69) is 25.3 Å². The molecule has 0 bridgehead atoms. The van der Waals surface area contributed by atoms with Crippen molar-refractivity contribution in [3.8, 4) is 5.69 Å². The molecule has 1 fully saturated rings. The van der Waals surface area contributed by atoms with Crippen LogP contribution in [0.2, 0.25) is 0 Å². The van der Waals surface area contributed by atoms with Gasteiger partial charge in [-0.15, -0.1) is 4.68 Å². The highest BCUT2D eigenvalue weighted by Crippen LogP contribution is 2.15. The highest BCUT2D eigenvalue weighted by Gasteiger charge is 2.13. The van der Waals surface area contributed by atoms with Crippen LogP contribution < -0.4 is 14.9 Å². The molecular weight excluding hydrogens is 332 g/mol. The zero-order valence-corrected chi connectivity index (χ0v) is 14.1. The number of nitrogens with zero attached hydrogens (tertiary/aromatic N) is 4. The molecule has 1 aromatic carbocycles. The van der Waals surface area contributed by atoms with E-state index in [9.17, 15) is 4.79 Å². The van der Waals surface area contributed by atoms with Crippen LogP contribution in [0.5, 0.6) is 0 Å². The number of carbonyl (C=O) groups excluding carboxylic acids is 1. The molecule has 2 aromatic heterocycles. The Bertz CT molecular complexity index is 856. The van der Waals surface area contributed by atoms with Gasteiger partial charge in [-0.25, -0.2) is 4.98 Å². The number of aromatic nitrogens is 4. The van der Waals surface area contributed by atoms with E-state index in [1.165, 1.54) is 0 Å². The van der Waals surface area contributed by atoms with E-state index in [1.807, 2.05) is 30.3 Å².